The lowest BCUT2D eigenvalue weighted by Crippen LogP contribution is -2.68. The minimum atomic E-state index is -5.22. The zero-order valence-electron chi connectivity index (χ0n) is 65.7. The number of nitrogens with one attached hydrogen (secondary N) is 3. The third-order valence-electron chi connectivity index (χ3n) is 25.0. The Morgan fingerprint density at radius 2 is 1.25 bits per heavy atom. The molecule has 110 heavy (non-hydrogen) atoms. The van der Waals surface area contributed by atoms with Crippen molar-refractivity contribution in [3.05, 3.63) is 12.2 Å². The molecule has 12 atom stereocenters. The van der Waals surface area contributed by atoms with Crippen molar-refractivity contribution in [3.63, 3.8) is 0 Å². The molecule has 7 fully saturated rings. The highest BCUT2D eigenvalue weighted by atomic mass is 19.4. The van der Waals surface area contributed by atoms with E-state index < -0.39 is 230 Å². The van der Waals surface area contributed by atoms with Gasteiger partial charge < -0.3 is 64.8 Å². The van der Waals surface area contributed by atoms with Gasteiger partial charge in [-0.15, -0.1) is 0 Å². The number of carbonyl (C=O) groups is 12. The summed E-state index contributed by atoms with van der Waals surface area (Å²) in [5, 5.41) is 8.47. The van der Waals surface area contributed by atoms with E-state index in [0.29, 0.717) is 77.3 Å². The van der Waals surface area contributed by atoms with E-state index in [-0.39, 0.29) is 96.7 Å². The average Bonchev–Trinajstić information content (AvgIpc) is 1.17. The lowest BCUT2D eigenvalue weighted by Gasteiger charge is -2.46. The molecule has 4 aliphatic carbocycles. The van der Waals surface area contributed by atoms with Gasteiger partial charge in [0, 0.05) is 81.5 Å². The summed E-state index contributed by atoms with van der Waals surface area (Å²) in [4.78, 5) is 193. The second-order valence-electron chi connectivity index (χ2n) is 32.5. The number of likely N-dealkylation sites (tertiary alicyclic amines) is 1. The van der Waals surface area contributed by atoms with Crippen LogP contribution < -0.4 is 16.0 Å². The highest BCUT2D eigenvalue weighted by molar-refractivity contribution is 6.01. The van der Waals surface area contributed by atoms with Crippen molar-refractivity contribution >= 4 is 70.9 Å². The monoisotopic (exact) mass is 1570 g/mol. The number of amides is 12. The molecule has 0 radical (unpaired) electrons. The van der Waals surface area contributed by atoms with Gasteiger partial charge >= 0.3 is 12.4 Å². The first-order valence-electron chi connectivity index (χ1n) is 39.9. The molecule has 3 saturated heterocycles. The predicted octanol–water partition coefficient (Wildman–Crippen LogP) is 7.03. The lowest BCUT2D eigenvalue weighted by atomic mass is 9.74. The molecule has 0 aromatic carbocycles. The van der Waals surface area contributed by atoms with Crippen molar-refractivity contribution in [2.75, 3.05) is 88.2 Å². The molecule has 33 heteroatoms. The van der Waals surface area contributed by atoms with Crippen LogP contribution in [0.5, 0.6) is 0 Å². The van der Waals surface area contributed by atoms with E-state index in [1.54, 1.807) is 37.8 Å². The Kier molecular flexibility index (Phi) is 31.0. The number of likely N-dealkylation sites (N-methyl/N-ethyl adjacent to an activating group) is 6. The van der Waals surface area contributed by atoms with E-state index >= 15 is 42.3 Å². The molecule has 1 spiro atoms. The van der Waals surface area contributed by atoms with Crippen LogP contribution >= 0.6 is 0 Å². The molecule has 8 rings (SSSR count). The quantitative estimate of drug-likeness (QED) is 0.117. The Hall–Kier alpha value is -7.22. The highest BCUT2D eigenvalue weighted by Crippen LogP contribution is 2.46. The second kappa shape index (κ2) is 38.5. The first-order chi connectivity index (χ1) is 51.9. The van der Waals surface area contributed by atoms with Gasteiger partial charge in [-0.05, 0) is 153 Å². The van der Waals surface area contributed by atoms with Crippen LogP contribution in [-0.2, 0) is 62.3 Å². The number of hydrogen-bond donors (Lipinski definition) is 3. The van der Waals surface area contributed by atoms with Gasteiger partial charge in [0.2, 0.25) is 70.9 Å². The fraction of sp³-hybridized carbons (Fsp3) is 0.818. The molecule has 25 nitrogen and oxygen atoms in total. The maximum atomic E-state index is 15.7. The van der Waals surface area contributed by atoms with Gasteiger partial charge in [0.1, 0.15) is 72.1 Å². The van der Waals surface area contributed by atoms with Crippen LogP contribution in [0.25, 0.3) is 0 Å². The summed E-state index contributed by atoms with van der Waals surface area (Å²) in [7, 11) is 8.12. The molecular formula is C77H118F8N12O13. The average molecular weight is 1570 g/mol. The number of nitrogens with zero attached hydrogens (tertiary/aromatic N) is 9. The summed E-state index contributed by atoms with van der Waals surface area (Å²) in [6.07, 6.45) is -10.7. The van der Waals surface area contributed by atoms with Crippen LogP contribution in [0.15, 0.2) is 12.2 Å². The smallest absolute Gasteiger partial charge is 0.377 e. The molecule has 12 amide bonds. The van der Waals surface area contributed by atoms with Crippen molar-refractivity contribution in [3.8, 4) is 0 Å². The number of halogens is 8. The van der Waals surface area contributed by atoms with Crippen LogP contribution in [0.3, 0.4) is 0 Å². The maximum Gasteiger partial charge on any atom is 0.397 e. The zero-order chi connectivity index (χ0) is 81.0. The summed E-state index contributed by atoms with van der Waals surface area (Å²) in [5.41, 5.74) is -1.68. The van der Waals surface area contributed by atoms with Crippen molar-refractivity contribution in [2.45, 2.75) is 279 Å². The summed E-state index contributed by atoms with van der Waals surface area (Å²) < 4.78 is 121. The summed E-state index contributed by atoms with van der Waals surface area (Å²) in [6.45, 7) is 5.84. The predicted molar refractivity (Wildman–Crippen MR) is 388 cm³/mol. The molecule has 2 bridgehead atoms. The Labute approximate surface area is 641 Å². The number of unbranched alkanes of at least 4 members (excludes halogenated alkanes) is 1. The molecule has 8 aliphatic rings. The Balaban J connectivity index is 1.20. The topological polar surface area (TPSA) is 279 Å². The first-order valence-corrected chi connectivity index (χ1v) is 39.9. The van der Waals surface area contributed by atoms with Gasteiger partial charge in [0.15, 0.2) is 0 Å². The third-order valence-corrected chi connectivity index (χ3v) is 25.0. The van der Waals surface area contributed by atoms with Gasteiger partial charge in [-0.25, -0.2) is 8.78 Å². The van der Waals surface area contributed by atoms with Gasteiger partial charge in [-0.1, -0.05) is 65.0 Å². The number of ether oxygens (including phenoxy) is 1. The number of hydrogen-bond acceptors (Lipinski definition) is 13. The highest BCUT2D eigenvalue weighted by Gasteiger charge is 2.56. The normalized spacial score (nSPS) is 32.3. The molecule has 620 valence electrons. The standard InChI is InChI=1S/C77H118F8N12O13/c1-11-14-25-55-66(101)87-64(46(4)12-2)72(107)90(6)45-62(100)92(8)56-26-16-15-19-37-96(71(56)106)59(40-47-27-30-50(31-28-47)76(80,81)82)69(104)89(5)44-60(98)86-54(32-29-48-38-52(78)63(53(79)39-48)77(83,84)85)68(103)97-43-51(110-13-3)41-57(97)67(102)88-75(33-22-34-75)74(109)94(10)65(49-23-17-18-24-49)73(108)93(9)58(42-61(99)91(55)7)70(105)95-35-20-21-36-95/h15-16,46-59,63-65H,11-14,17-45H2,1-10H3,(H,86,98)(H,87,101)(H,88,102)/b16-15-/t46-,47?,48?,50?,51+,52?,53?,54-,55-,56-,57-,58-,59-,63?,64-,65-/m0/s1. The van der Waals surface area contributed by atoms with Crippen LogP contribution in [0.2, 0.25) is 0 Å². The van der Waals surface area contributed by atoms with E-state index in [1.165, 1.54) is 61.9 Å². The Bertz CT molecular complexity index is 3280. The SMILES string of the molecule is CCCC[C@H]1C(=O)N[C@@H]([C@@H](C)CC)C(=O)N(C)CC(=O)N(C)[C@H]2C/C=C\CCN(C2=O)[C@@H](CC2CCC(C(F)(F)F)CC2)C(=O)N(C)CC(=O)N[C@@H](CCC2CC(F)C(C(F)(F)F)C(F)C2)C(=O)N2C[C@H](OCC)C[C@H]2C(=O)NC2(CCC2)C(=O)N(C)[C@@H](C2CCCC2)C(=O)N(C)[C@H](C(=O)N2CCCC2)CC(=O)N1C. The van der Waals surface area contributed by atoms with Crippen LogP contribution in [0.1, 0.15) is 195 Å². The van der Waals surface area contributed by atoms with E-state index in [2.05, 4.69) is 16.0 Å². The van der Waals surface area contributed by atoms with Gasteiger partial charge in [-0.3, -0.25) is 57.5 Å². The molecular weight excluding hydrogens is 1450 g/mol. The molecule has 4 heterocycles. The van der Waals surface area contributed by atoms with Gasteiger partial charge in [-0.2, -0.15) is 26.3 Å². The van der Waals surface area contributed by atoms with E-state index in [4.69, 9.17) is 4.74 Å². The number of fused-ring (bicyclic) bond motifs is 3. The largest absolute Gasteiger partial charge is 0.397 e. The summed E-state index contributed by atoms with van der Waals surface area (Å²) >= 11 is 0. The van der Waals surface area contributed by atoms with Crippen molar-refractivity contribution in [1.29, 1.82) is 0 Å². The van der Waals surface area contributed by atoms with Crippen LogP contribution in [-0.4, -0.2) is 288 Å². The summed E-state index contributed by atoms with van der Waals surface area (Å²) in [6, 6.07) is -11.2. The number of carbonyl (C=O) groups excluding carboxylic acids is 12. The van der Waals surface area contributed by atoms with Crippen LogP contribution in [0, 0.1) is 35.5 Å². The van der Waals surface area contributed by atoms with Crippen molar-refractivity contribution in [2.24, 2.45) is 35.5 Å². The first kappa shape index (κ1) is 88.3. The van der Waals surface area contributed by atoms with E-state index in [9.17, 15) is 50.3 Å². The van der Waals surface area contributed by atoms with E-state index in [1.807, 2.05) is 6.92 Å². The lowest BCUT2D eigenvalue weighted by molar-refractivity contribution is -0.219. The Morgan fingerprint density at radius 3 is 1.83 bits per heavy atom. The zero-order valence-corrected chi connectivity index (χ0v) is 65.7. The maximum absolute atomic E-state index is 15.7. The van der Waals surface area contributed by atoms with E-state index in [0.717, 1.165) is 19.6 Å². The van der Waals surface area contributed by atoms with Gasteiger partial charge in [0.25, 0.3) is 0 Å². The van der Waals surface area contributed by atoms with Crippen molar-refractivity contribution in [1.82, 2.24) is 60.0 Å². The minimum absolute atomic E-state index is 0.00218. The Morgan fingerprint density at radius 1 is 0.609 bits per heavy atom. The third kappa shape index (κ3) is 21.2. The molecule has 4 saturated carbocycles. The molecule has 3 N–H and O–H groups in total. The van der Waals surface area contributed by atoms with Crippen LogP contribution in [0.4, 0.5) is 35.1 Å². The summed E-state index contributed by atoms with van der Waals surface area (Å²) in [5.74, 6) is -16.5. The molecule has 0 aromatic rings. The van der Waals surface area contributed by atoms with Crippen molar-refractivity contribution < 1.29 is 97.4 Å². The van der Waals surface area contributed by atoms with Gasteiger partial charge in [0.05, 0.1) is 31.5 Å². The fourth-order valence-corrected chi connectivity index (χ4v) is 17.9. The number of rotatable bonds is 14. The fourth-order valence-electron chi connectivity index (χ4n) is 17.9. The molecule has 2 unspecified atom stereocenters. The molecule has 4 aliphatic heterocycles. The number of alkyl halides is 8. The second-order valence-corrected chi connectivity index (χ2v) is 32.5. The minimum Gasteiger partial charge on any atom is -0.377 e. The molecule has 0 aromatic heterocycles.